The van der Waals surface area contributed by atoms with E-state index in [1.807, 2.05) is 30.0 Å². The molecule has 0 bridgehead atoms. The van der Waals surface area contributed by atoms with Crippen molar-refractivity contribution >= 4 is 22.7 Å². The molecule has 0 saturated carbocycles. The normalized spacial score (nSPS) is 17.8. The Kier molecular flexibility index (Phi) is 4.69. The summed E-state index contributed by atoms with van der Waals surface area (Å²) >= 11 is 0. The standard InChI is InChI=1S/C20H27N3O3/c1-12-15-9-14(26-5)6-7-16(15)22-18(12)19(25)21-13-8-17(24)23(10-13)11-20(2,3)4/h6-7,9,13,22H,8,10-11H2,1-5H3,(H,21,25). The average Bonchev–Trinajstić information content (AvgIpc) is 3.06. The maximum Gasteiger partial charge on any atom is 0.268 e. The van der Waals surface area contributed by atoms with Gasteiger partial charge in [0, 0.05) is 30.4 Å². The SMILES string of the molecule is COc1ccc2[nH]c(C(=O)NC3CC(=O)N(CC(C)(C)C)C3)c(C)c2c1. The Hall–Kier alpha value is -2.50. The topological polar surface area (TPSA) is 74.4 Å². The second-order valence-electron chi connectivity index (χ2n) is 8.25. The molecule has 1 aromatic heterocycles. The Labute approximate surface area is 153 Å². The van der Waals surface area contributed by atoms with Gasteiger partial charge in [-0.05, 0) is 36.1 Å². The second kappa shape index (κ2) is 6.67. The van der Waals surface area contributed by atoms with Crippen molar-refractivity contribution in [3.8, 4) is 5.75 Å². The predicted molar refractivity (Wildman–Crippen MR) is 101 cm³/mol. The van der Waals surface area contributed by atoms with E-state index in [4.69, 9.17) is 4.74 Å². The van der Waals surface area contributed by atoms with Crippen molar-refractivity contribution in [3.05, 3.63) is 29.5 Å². The number of amides is 2. The van der Waals surface area contributed by atoms with Crippen LogP contribution < -0.4 is 10.1 Å². The van der Waals surface area contributed by atoms with Crippen LogP contribution >= 0.6 is 0 Å². The number of hydrogen-bond acceptors (Lipinski definition) is 3. The van der Waals surface area contributed by atoms with Gasteiger partial charge in [0.05, 0.1) is 13.2 Å². The summed E-state index contributed by atoms with van der Waals surface area (Å²) in [5, 5.41) is 3.97. The minimum atomic E-state index is -0.173. The fourth-order valence-electron chi connectivity index (χ4n) is 3.51. The predicted octanol–water partition coefficient (Wildman–Crippen LogP) is 2.86. The van der Waals surface area contributed by atoms with Crippen molar-refractivity contribution in [3.63, 3.8) is 0 Å². The molecular weight excluding hydrogens is 330 g/mol. The summed E-state index contributed by atoms with van der Waals surface area (Å²) in [6.45, 7) is 9.49. The van der Waals surface area contributed by atoms with Crippen molar-refractivity contribution < 1.29 is 14.3 Å². The number of benzene rings is 1. The van der Waals surface area contributed by atoms with Crippen molar-refractivity contribution in [1.29, 1.82) is 0 Å². The molecule has 1 saturated heterocycles. The molecule has 6 nitrogen and oxygen atoms in total. The summed E-state index contributed by atoms with van der Waals surface area (Å²) in [5.74, 6) is 0.683. The lowest BCUT2D eigenvalue weighted by atomic mass is 9.96. The molecule has 1 aliphatic heterocycles. The molecule has 2 amide bonds. The zero-order valence-electron chi connectivity index (χ0n) is 16.1. The summed E-state index contributed by atoms with van der Waals surface area (Å²) in [5.41, 5.74) is 2.36. The molecule has 0 radical (unpaired) electrons. The van der Waals surface area contributed by atoms with Gasteiger partial charge in [-0.1, -0.05) is 20.8 Å². The van der Waals surface area contributed by atoms with Crippen molar-refractivity contribution in [2.45, 2.75) is 40.2 Å². The van der Waals surface area contributed by atoms with Gasteiger partial charge >= 0.3 is 0 Å². The molecule has 0 aliphatic carbocycles. The fraction of sp³-hybridized carbons (Fsp3) is 0.500. The molecule has 140 valence electrons. The highest BCUT2D eigenvalue weighted by atomic mass is 16.5. The van der Waals surface area contributed by atoms with Crippen molar-refractivity contribution in [2.75, 3.05) is 20.2 Å². The summed E-state index contributed by atoms with van der Waals surface area (Å²) in [7, 11) is 1.62. The highest BCUT2D eigenvalue weighted by molar-refractivity contribution is 6.01. The van der Waals surface area contributed by atoms with E-state index in [1.165, 1.54) is 0 Å². The third kappa shape index (κ3) is 3.69. The van der Waals surface area contributed by atoms with Crippen molar-refractivity contribution in [2.24, 2.45) is 5.41 Å². The number of methoxy groups -OCH3 is 1. The molecule has 6 heteroatoms. The van der Waals surface area contributed by atoms with E-state index in [0.29, 0.717) is 25.2 Å². The van der Waals surface area contributed by atoms with E-state index >= 15 is 0 Å². The van der Waals surface area contributed by atoms with E-state index in [-0.39, 0.29) is 23.3 Å². The molecule has 0 spiro atoms. The van der Waals surface area contributed by atoms with Crippen LogP contribution in [0.5, 0.6) is 5.75 Å². The molecule has 2 N–H and O–H groups in total. The van der Waals surface area contributed by atoms with Gasteiger partial charge in [0.25, 0.3) is 5.91 Å². The molecule has 1 fully saturated rings. The summed E-state index contributed by atoms with van der Waals surface area (Å²) in [6, 6.07) is 5.53. The molecule has 1 aromatic carbocycles. The zero-order chi connectivity index (χ0) is 19.1. The van der Waals surface area contributed by atoms with E-state index in [1.54, 1.807) is 7.11 Å². The summed E-state index contributed by atoms with van der Waals surface area (Å²) in [6.07, 6.45) is 0.356. The van der Waals surface area contributed by atoms with E-state index in [9.17, 15) is 9.59 Å². The first kappa shape index (κ1) is 18.3. The third-order valence-corrected chi connectivity index (χ3v) is 4.71. The van der Waals surface area contributed by atoms with Gasteiger partial charge in [-0.25, -0.2) is 0 Å². The molecule has 2 heterocycles. The largest absolute Gasteiger partial charge is 0.497 e. The summed E-state index contributed by atoms with van der Waals surface area (Å²) in [4.78, 5) is 30.0. The third-order valence-electron chi connectivity index (χ3n) is 4.71. The molecule has 2 aromatic rings. The van der Waals surface area contributed by atoms with Gasteiger partial charge < -0.3 is 19.9 Å². The Morgan fingerprint density at radius 3 is 2.77 bits per heavy atom. The maximum atomic E-state index is 12.7. The Morgan fingerprint density at radius 1 is 1.38 bits per heavy atom. The van der Waals surface area contributed by atoms with Crippen LogP contribution in [0.3, 0.4) is 0 Å². The van der Waals surface area contributed by atoms with Crippen LogP contribution in [-0.2, 0) is 4.79 Å². The average molecular weight is 357 g/mol. The van der Waals surface area contributed by atoms with Crippen LogP contribution in [0.2, 0.25) is 0 Å². The number of fused-ring (bicyclic) bond motifs is 1. The first-order valence-electron chi connectivity index (χ1n) is 8.93. The first-order valence-corrected chi connectivity index (χ1v) is 8.93. The lowest BCUT2D eigenvalue weighted by molar-refractivity contribution is -0.128. The number of nitrogens with one attached hydrogen (secondary N) is 2. The van der Waals surface area contributed by atoms with Gasteiger partial charge in [0.1, 0.15) is 11.4 Å². The quantitative estimate of drug-likeness (QED) is 0.884. The highest BCUT2D eigenvalue weighted by Gasteiger charge is 2.33. The Bertz CT molecular complexity index is 848. The van der Waals surface area contributed by atoms with E-state index in [0.717, 1.165) is 22.2 Å². The van der Waals surface area contributed by atoms with Crippen LogP contribution in [-0.4, -0.2) is 47.9 Å². The van der Waals surface area contributed by atoms with Crippen LogP contribution in [0, 0.1) is 12.3 Å². The van der Waals surface area contributed by atoms with Crippen LogP contribution in [0.25, 0.3) is 10.9 Å². The molecule has 1 aliphatic rings. The first-order chi connectivity index (χ1) is 12.2. The highest BCUT2D eigenvalue weighted by Crippen LogP contribution is 2.26. The number of aryl methyl sites for hydroxylation is 1. The number of carbonyl (C=O) groups is 2. The molecule has 1 unspecified atom stereocenters. The van der Waals surface area contributed by atoms with E-state index < -0.39 is 0 Å². The van der Waals surface area contributed by atoms with Crippen LogP contribution in [0.1, 0.15) is 43.2 Å². The van der Waals surface area contributed by atoms with Gasteiger partial charge in [0.2, 0.25) is 5.91 Å². The van der Waals surface area contributed by atoms with E-state index in [2.05, 4.69) is 31.1 Å². The number of aromatic nitrogens is 1. The molecular formula is C20H27N3O3. The number of hydrogen-bond donors (Lipinski definition) is 2. The number of ether oxygens (including phenoxy) is 1. The Morgan fingerprint density at radius 2 is 2.12 bits per heavy atom. The number of carbonyl (C=O) groups excluding carboxylic acids is 2. The minimum absolute atomic E-state index is 0.0430. The lowest BCUT2D eigenvalue weighted by Gasteiger charge is -2.26. The van der Waals surface area contributed by atoms with Crippen LogP contribution in [0.4, 0.5) is 0 Å². The molecule has 1 atom stereocenters. The number of rotatable bonds is 4. The summed E-state index contributed by atoms with van der Waals surface area (Å²) < 4.78 is 5.26. The number of likely N-dealkylation sites (tertiary alicyclic amines) is 1. The Balaban J connectivity index is 1.74. The number of aromatic amines is 1. The molecule has 3 rings (SSSR count). The number of nitrogens with zero attached hydrogens (tertiary/aromatic N) is 1. The van der Waals surface area contributed by atoms with Gasteiger partial charge in [-0.3, -0.25) is 9.59 Å². The maximum absolute atomic E-state index is 12.7. The van der Waals surface area contributed by atoms with Gasteiger partial charge in [-0.2, -0.15) is 0 Å². The van der Waals surface area contributed by atoms with Gasteiger partial charge in [0.15, 0.2) is 0 Å². The fourth-order valence-corrected chi connectivity index (χ4v) is 3.51. The second-order valence-corrected chi connectivity index (χ2v) is 8.25. The lowest BCUT2D eigenvalue weighted by Crippen LogP contribution is -2.39. The molecule has 26 heavy (non-hydrogen) atoms. The van der Waals surface area contributed by atoms with Crippen molar-refractivity contribution in [1.82, 2.24) is 15.2 Å². The minimum Gasteiger partial charge on any atom is -0.497 e. The number of H-pyrrole nitrogens is 1. The van der Waals surface area contributed by atoms with Gasteiger partial charge in [-0.15, -0.1) is 0 Å². The smallest absolute Gasteiger partial charge is 0.268 e. The monoisotopic (exact) mass is 357 g/mol. The zero-order valence-corrected chi connectivity index (χ0v) is 16.1. The van der Waals surface area contributed by atoms with Crippen LogP contribution in [0.15, 0.2) is 18.2 Å².